The van der Waals surface area contributed by atoms with Crippen molar-refractivity contribution in [3.63, 3.8) is 0 Å². The van der Waals surface area contributed by atoms with Crippen molar-refractivity contribution in [1.29, 1.82) is 0 Å². The minimum atomic E-state index is -0.466. The van der Waals surface area contributed by atoms with E-state index in [-0.39, 0.29) is 11.0 Å². The molecule has 126 valence electrons. The molecule has 1 aromatic carbocycles. The second kappa shape index (κ2) is 7.84. The zero-order chi connectivity index (χ0) is 17.7. The molecule has 2 rings (SSSR count). The highest BCUT2D eigenvalue weighted by atomic mass is 32.1. The summed E-state index contributed by atoms with van der Waals surface area (Å²) in [5, 5.41) is 5.81. The maximum Gasteiger partial charge on any atom is 0.350 e. The molecule has 2 aromatic rings. The minimum absolute atomic E-state index is 0.0842. The Kier molecular flexibility index (Phi) is 5.83. The number of amides is 1. The summed E-state index contributed by atoms with van der Waals surface area (Å²) in [4.78, 5) is 28.2. The molecule has 0 bridgehead atoms. The molecular weight excluding hydrogens is 350 g/mol. The van der Waals surface area contributed by atoms with E-state index in [0.717, 1.165) is 11.3 Å². The number of nitrogens with one attached hydrogen (secondary N) is 2. The highest BCUT2D eigenvalue weighted by molar-refractivity contribution is 7.80. The third-order valence-electron chi connectivity index (χ3n) is 2.97. The summed E-state index contributed by atoms with van der Waals surface area (Å²) >= 11 is 6.19. The Morgan fingerprint density at radius 2 is 1.88 bits per heavy atom. The predicted molar refractivity (Wildman–Crippen MR) is 94.9 cm³/mol. The Morgan fingerprint density at radius 1 is 1.21 bits per heavy atom. The maximum absolute atomic E-state index is 12.1. The number of carbonyl (C=O) groups excluding carboxylic acids is 2. The van der Waals surface area contributed by atoms with Crippen LogP contribution in [0.15, 0.2) is 24.3 Å². The summed E-state index contributed by atoms with van der Waals surface area (Å²) in [5.41, 5.74) is 0.962. The van der Waals surface area contributed by atoms with Gasteiger partial charge in [-0.1, -0.05) is 11.3 Å². The molecule has 1 heterocycles. The van der Waals surface area contributed by atoms with E-state index in [0.29, 0.717) is 27.0 Å². The van der Waals surface area contributed by atoms with Gasteiger partial charge in [0.2, 0.25) is 0 Å². The topological polar surface area (TPSA) is 89.6 Å². The van der Waals surface area contributed by atoms with E-state index in [2.05, 4.69) is 20.4 Å². The van der Waals surface area contributed by atoms with Crippen LogP contribution in [0.1, 0.15) is 25.7 Å². The molecule has 0 unspecified atom stereocenters. The standard InChI is InChI=1S/C15H15N3O4S2/c1-8-11(13(20)22-3)24-15(16-8)18-14(23)17-12(19)9-4-6-10(21-2)7-5-9/h4-7H,1-3H3,(H2,16,17,18,19,23). The van der Waals surface area contributed by atoms with Gasteiger partial charge in [0.25, 0.3) is 5.91 Å². The average Bonchev–Trinajstić information content (AvgIpc) is 2.94. The van der Waals surface area contributed by atoms with Gasteiger partial charge in [-0.25, -0.2) is 9.78 Å². The van der Waals surface area contributed by atoms with E-state index in [1.807, 2.05) is 0 Å². The normalized spacial score (nSPS) is 9.96. The first-order chi connectivity index (χ1) is 11.4. The third-order valence-corrected chi connectivity index (χ3v) is 4.22. The minimum Gasteiger partial charge on any atom is -0.497 e. The lowest BCUT2D eigenvalue weighted by Gasteiger charge is -2.07. The van der Waals surface area contributed by atoms with E-state index in [1.54, 1.807) is 38.3 Å². The van der Waals surface area contributed by atoms with E-state index in [4.69, 9.17) is 17.0 Å². The summed E-state index contributed by atoms with van der Waals surface area (Å²) < 4.78 is 9.70. The molecular formula is C15H15N3O4S2. The van der Waals surface area contributed by atoms with Gasteiger partial charge in [0.05, 0.1) is 19.9 Å². The molecule has 7 nitrogen and oxygen atoms in total. The van der Waals surface area contributed by atoms with E-state index >= 15 is 0 Å². The van der Waals surface area contributed by atoms with Crippen LogP contribution in [-0.2, 0) is 4.74 Å². The molecule has 2 N–H and O–H groups in total. The van der Waals surface area contributed by atoms with Gasteiger partial charge in [0.15, 0.2) is 10.2 Å². The van der Waals surface area contributed by atoms with Crippen molar-refractivity contribution >= 4 is 45.7 Å². The van der Waals surface area contributed by atoms with Gasteiger partial charge in [0, 0.05) is 5.56 Å². The smallest absolute Gasteiger partial charge is 0.350 e. The van der Waals surface area contributed by atoms with Gasteiger partial charge >= 0.3 is 5.97 Å². The van der Waals surface area contributed by atoms with Gasteiger partial charge in [0.1, 0.15) is 10.6 Å². The van der Waals surface area contributed by atoms with Crippen molar-refractivity contribution in [2.45, 2.75) is 6.92 Å². The number of rotatable bonds is 4. The van der Waals surface area contributed by atoms with Crippen LogP contribution in [0.4, 0.5) is 5.13 Å². The number of hydrogen-bond donors (Lipinski definition) is 2. The van der Waals surface area contributed by atoms with Crippen LogP contribution >= 0.6 is 23.6 Å². The lowest BCUT2D eigenvalue weighted by molar-refractivity contribution is 0.0605. The predicted octanol–water partition coefficient (Wildman–Crippen LogP) is 2.37. The summed E-state index contributed by atoms with van der Waals surface area (Å²) in [6.07, 6.45) is 0. The second-order valence-corrected chi connectivity index (χ2v) is 5.97. The van der Waals surface area contributed by atoms with Crippen LogP contribution in [0, 0.1) is 6.92 Å². The molecule has 0 aliphatic rings. The lowest BCUT2D eigenvalue weighted by atomic mass is 10.2. The summed E-state index contributed by atoms with van der Waals surface area (Å²) in [6.45, 7) is 1.69. The molecule has 0 atom stereocenters. The fourth-order valence-corrected chi connectivity index (χ4v) is 2.92. The quantitative estimate of drug-likeness (QED) is 0.635. The molecule has 9 heteroatoms. The van der Waals surface area contributed by atoms with Crippen molar-refractivity contribution in [1.82, 2.24) is 10.3 Å². The largest absolute Gasteiger partial charge is 0.497 e. The zero-order valence-electron chi connectivity index (χ0n) is 13.2. The van der Waals surface area contributed by atoms with Crippen molar-refractivity contribution in [3.8, 4) is 5.75 Å². The first-order valence-electron chi connectivity index (χ1n) is 6.76. The maximum atomic E-state index is 12.1. The molecule has 1 amide bonds. The van der Waals surface area contributed by atoms with E-state index in [9.17, 15) is 9.59 Å². The number of thiocarbonyl (C=S) groups is 1. The van der Waals surface area contributed by atoms with Crippen LogP contribution in [0.3, 0.4) is 0 Å². The van der Waals surface area contributed by atoms with Crippen LogP contribution in [0.5, 0.6) is 5.75 Å². The Labute approximate surface area is 148 Å². The molecule has 0 fully saturated rings. The first-order valence-corrected chi connectivity index (χ1v) is 7.99. The van der Waals surface area contributed by atoms with Gasteiger partial charge in [-0.15, -0.1) is 0 Å². The van der Waals surface area contributed by atoms with Crippen molar-refractivity contribution in [2.24, 2.45) is 0 Å². The molecule has 1 aromatic heterocycles. The number of aromatic nitrogens is 1. The monoisotopic (exact) mass is 365 g/mol. The summed E-state index contributed by atoms with van der Waals surface area (Å²) in [5.74, 6) is -0.177. The van der Waals surface area contributed by atoms with Gasteiger partial charge in [-0.3, -0.25) is 10.1 Å². The Hall–Kier alpha value is -2.52. The number of methoxy groups -OCH3 is 2. The van der Waals surface area contributed by atoms with Crippen LogP contribution < -0.4 is 15.4 Å². The van der Waals surface area contributed by atoms with Gasteiger partial charge in [-0.05, 0) is 43.4 Å². The number of ether oxygens (including phenoxy) is 2. The fourth-order valence-electron chi connectivity index (χ4n) is 1.78. The Morgan fingerprint density at radius 3 is 2.46 bits per heavy atom. The van der Waals surface area contributed by atoms with Gasteiger partial charge in [-0.2, -0.15) is 0 Å². The molecule has 0 aliphatic heterocycles. The van der Waals surface area contributed by atoms with Crippen LogP contribution in [0.25, 0.3) is 0 Å². The van der Waals surface area contributed by atoms with E-state index < -0.39 is 5.97 Å². The van der Waals surface area contributed by atoms with Crippen molar-refractivity contribution in [2.75, 3.05) is 19.5 Å². The van der Waals surface area contributed by atoms with Crippen molar-refractivity contribution in [3.05, 3.63) is 40.4 Å². The molecule has 24 heavy (non-hydrogen) atoms. The number of hydrogen-bond acceptors (Lipinski definition) is 7. The molecule has 0 spiro atoms. The van der Waals surface area contributed by atoms with Crippen LogP contribution in [-0.4, -0.2) is 36.2 Å². The number of esters is 1. The fraction of sp³-hybridized carbons (Fsp3) is 0.200. The summed E-state index contributed by atoms with van der Waals surface area (Å²) in [7, 11) is 2.85. The number of nitrogens with zero attached hydrogens (tertiary/aromatic N) is 1. The number of anilines is 1. The van der Waals surface area contributed by atoms with Gasteiger partial charge < -0.3 is 14.8 Å². The number of aryl methyl sites for hydroxylation is 1. The number of benzene rings is 1. The lowest BCUT2D eigenvalue weighted by Crippen LogP contribution is -2.34. The second-order valence-electron chi connectivity index (χ2n) is 4.56. The Balaban J connectivity index is 1.99. The molecule has 0 saturated carbocycles. The number of thiazole rings is 1. The Bertz CT molecular complexity index is 772. The number of carbonyl (C=O) groups is 2. The zero-order valence-corrected chi connectivity index (χ0v) is 14.8. The summed E-state index contributed by atoms with van der Waals surface area (Å²) in [6, 6.07) is 6.61. The van der Waals surface area contributed by atoms with E-state index in [1.165, 1.54) is 7.11 Å². The van der Waals surface area contributed by atoms with Crippen molar-refractivity contribution < 1.29 is 19.1 Å². The molecule has 0 saturated heterocycles. The van der Waals surface area contributed by atoms with Crippen LogP contribution in [0.2, 0.25) is 0 Å². The highest BCUT2D eigenvalue weighted by Gasteiger charge is 2.16. The average molecular weight is 365 g/mol. The third kappa shape index (κ3) is 4.27. The molecule has 0 radical (unpaired) electrons. The SMILES string of the molecule is COC(=O)c1sc(NC(=S)NC(=O)c2ccc(OC)cc2)nc1C. The first kappa shape index (κ1) is 17.8. The molecule has 0 aliphatic carbocycles. The highest BCUT2D eigenvalue weighted by Crippen LogP contribution is 2.23.